The number of nitrogens with zero attached hydrogens (tertiary/aromatic N) is 3. The zero-order valence-electron chi connectivity index (χ0n) is 10.2. The normalized spacial score (nSPS) is 10.1. The number of hydrogen-bond acceptors (Lipinski definition) is 5. The van der Waals surface area contributed by atoms with Gasteiger partial charge in [-0.3, -0.25) is 9.59 Å². The number of nitrogens with one attached hydrogen (secondary N) is 1. The van der Waals surface area contributed by atoms with Gasteiger partial charge in [0, 0.05) is 19.7 Å². The number of anilines is 1. The van der Waals surface area contributed by atoms with Gasteiger partial charge in [0.2, 0.25) is 5.91 Å². The Morgan fingerprint density at radius 1 is 1.44 bits per heavy atom. The van der Waals surface area contributed by atoms with Crippen LogP contribution in [0.1, 0.15) is 6.92 Å². The molecule has 0 atom stereocenters. The molecule has 1 rings (SSSR count). The van der Waals surface area contributed by atoms with Crippen LogP contribution in [0.5, 0.6) is 0 Å². The van der Waals surface area contributed by atoms with E-state index >= 15 is 0 Å². The van der Waals surface area contributed by atoms with Crippen LogP contribution in [0.4, 0.5) is 11.4 Å². The first-order valence-electron chi connectivity index (χ1n) is 5.17. The second kappa shape index (κ2) is 7.00. The molecule has 18 heavy (non-hydrogen) atoms. The third-order valence-corrected chi connectivity index (χ3v) is 1.83. The maximum Gasteiger partial charge on any atom is 0.294 e. The number of hydrogen-bond donors (Lipinski definition) is 1. The lowest BCUT2D eigenvalue weighted by atomic mass is 10.3. The summed E-state index contributed by atoms with van der Waals surface area (Å²) in [6.07, 6.45) is 0. The smallest absolute Gasteiger partial charge is 0.294 e. The zero-order valence-corrected chi connectivity index (χ0v) is 10.2. The van der Waals surface area contributed by atoms with Gasteiger partial charge in [-0.05, 0) is 24.3 Å². The van der Waals surface area contributed by atoms with E-state index in [1.807, 2.05) is 0 Å². The molecule has 0 spiro atoms. The Hall–Kier alpha value is -2.44. The fourth-order valence-electron chi connectivity index (χ4n) is 1.11. The van der Waals surface area contributed by atoms with E-state index in [2.05, 4.69) is 20.4 Å². The highest BCUT2D eigenvalue weighted by atomic mass is 16.5. The minimum Gasteiger partial charge on any atom is -0.445 e. The first-order valence-corrected chi connectivity index (χ1v) is 5.17. The van der Waals surface area contributed by atoms with Crippen LogP contribution in [-0.4, -0.2) is 31.2 Å². The molecule has 1 N–H and O–H groups in total. The van der Waals surface area contributed by atoms with Crippen molar-refractivity contribution in [1.29, 1.82) is 0 Å². The summed E-state index contributed by atoms with van der Waals surface area (Å²) in [7, 11) is 1.62. The Kier molecular flexibility index (Phi) is 5.30. The number of rotatable bonds is 6. The first-order chi connectivity index (χ1) is 8.61. The second-order valence-corrected chi connectivity index (χ2v) is 3.47. The number of amides is 1. The van der Waals surface area contributed by atoms with Crippen molar-refractivity contribution in [3.63, 3.8) is 0 Å². The average molecular weight is 250 g/mol. The molecule has 0 radical (unpaired) electrons. The summed E-state index contributed by atoms with van der Waals surface area (Å²) in [6, 6.07) is 6.86. The van der Waals surface area contributed by atoms with E-state index in [1.165, 1.54) is 11.9 Å². The van der Waals surface area contributed by atoms with Gasteiger partial charge in [-0.15, -0.1) is 5.11 Å². The standard InChI is InChI=1S/C11H14N4O3/c1-9(17)12-10-3-5-11(6-4-10)13-14-15(2)7-18-8-16/h3-6,8H,7H2,1-2H3,(H,12,17)/b14-13+. The monoisotopic (exact) mass is 250 g/mol. The SMILES string of the molecule is CC(=O)Nc1ccc(/N=N/N(C)COC=O)cc1. The van der Waals surface area contributed by atoms with Crippen LogP contribution in [0, 0.1) is 0 Å². The Bertz CT molecular complexity index is 430. The Morgan fingerprint density at radius 3 is 2.67 bits per heavy atom. The molecule has 7 heteroatoms. The molecule has 0 saturated heterocycles. The van der Waals surface area contributed by atoms with E-state index in [4.69, 9.17) is 0 Å². The van der Waals surface area contributed by atoms with Crippen molar-refractivity contribution in [2.24, 2.45) is 10.3 Å². The van der Waals surface area contributed by atoms with Crippen molar-refractivity contribution in [3.8, 4) is 0 Å². The molecule has 1 aromatic rings. The minimum absolute atomic E-state index is 0.0387. The maximum atomic E-state index is 10.8. The van der Waals surface area contributed by atoms with Crippen LogP contribution in [0.3, 0.4) is 0 Å². The summed E-state index contributed by atoms with van der Waals surface area (Å²) in [5.41, 5.74) is 1.32. The molecular formula is C11H14N4O3. The Balaban J connectivity index is 2.54. The molecule has 7 nitrogen and oxygen atoms in total. The summed E-state index contributed by atoms with van der Waals surface area (Å²) < 4.78 is 4.49. The maximum absolute atomic E-state index is 10.8. The third-order valence-electron chi connectivity index (χ3n) is 1.83. The number of ether oxygens (including phenoxy) is 1. The van der Waals surface area contributed by atoms with Gasteiger partial charge >= 0.3 is 0 Å². The lowest BCUT2D eigenvalue weighted by Gasteiger charge is -2.08. The molecule has 0 aromatic heterocycles. The van der Waals surface area contributed by atoms with E-state index in [9.17, 15) is 9.59 Å². The summed E-state index contributed by atoms with van der Waals surface area (Å²) in [6.45, 7) is 1.82. The lowest BCUT2D eigenvalue weighted by molar-refractivity contribution is -0.132. The van der Waals surface area contributed by atoms with Crippen LogP contribution in [0.2, 0.25) is 0 Å². The Morgan fingerprint density at radius 2 is 2.11 bits per heavy atom. The highest BCUT2D eigenvalue weighted by Gasteiger charge is 1.96. The molecule has 0 unspecified atom stereocenters. The highest BCUT2D eigenvalue weighted by Crippen LogP contribution is 2.16. The fourth-order valence-corrected chi connectivity index (χ4v) is 1.11. The quantitative estimate of drug-likeness (QED) is 0.360. The predicted octanol–water partition coefficient (Wildman–Crippen LogP) is 1.71. The number of benzene rings is 1. The van der Waals surface area contributed by atoms with Crippen molar-refractivity contribution in [3.05, 3.63) is 24.3 Å². The van der Waals surface area contributed by atoms with E-state index in [1.54, 1.807) is 31.3 Å². The van der Waals surface area contributed by atoms with Gasteiger partial charge < -0.3 is 10.1 Å². The van der Waals surface area contributed by atoms with Crippen molar-refractivity contribution in [1.82, 2.24) is 5.01 Å². The van der Waals surface area contributed by atoms with Gasteiger partial charge in [0.1, 0.15) is 0 Å². The summed E-state index contributed by atoms with van der Waals surface area (Å²) >= 11 is 0. The largest absolute Gasteiger partial charge is 0.445 e. The minimum atomic E-state index is -0.130. The zero-order chi connectivity index (χ0) is 13.4. The van der Waals surface area contributed by atoms with Crippen LogP contribution in [0.25, 0.3) is 0 Å². The van der Waals surface area contributed by atoms with E-state index in [0.29, 0.717) is 17.8 Å². The van der Waals surface area contributed by atoms with E-state index in [0.717, 1.165) is 0 Å². The molecule has 0 aliphatic heterocycles. The first kappa shape index (κ1) is 13.6. The molecule has 0 aliphatic rings. The van der Waals surface area contributed by atoms with Crippen molar-refractivity contribution in [2.75, 3.05) is 19.1 Å². The molecule has 1 aromatic carbocycles. The van der Waals surface area contributed by atoms with Gasteiger partial charge in [0.15, 0.2) is 6.73 Å². The van der Waals surface area contributed by atoms with Crippen LogP contribution < -0.4 is 5.32 Å². The predicted molar refractivity (Wildman–Crippen MR) is 65.0 cm³/mol. The Labute approximate surface area is 104 Å². The highest BCUT2D eigenvalue weighted by molar-refractivity contribution is 5.88. The van der Waals surface area contributed by atoms with Crippen LogP contribution in [-0.2, 0) is 14.3 Å². The van der Waals surface area contributed by atoms with Crippen LogP contribution in [0.15, 0.2) is 34.6 Å². The molecule has 0 fully saturated rings. The second-order valence-electron chi connectivity index (χ2n) is 3.47. The van der Waals surface area contributed by atoms with Gasteiger partial charge in [-0.1, -0.05) is 5.22 Å². The van der Waals surface area contributed by atoms with E-state index < -0.39 is 0 Å². The molecule has 0 bridgehead atoms. The number of carbonyl (C=O) groups is 2. The molecular weight excluding hydrogens is 236 g/mol. The average Bonchev–Trinajstić information content (AvgIpc) is 2.35. The topological polar surface area (TPSA) is 83.4 Å². The molecule has 96 valence electrons. The van der Waals surface area contributed by atoms with Crippen LogP contribution >= 0.6 is 0 Å². The van der Waals surface area contributed by atoms with Gasteiger partial charge in [-0.2, -0.15) is 0 Å². The third kappa shape index (κ3) is 5.06. The number of carbonyl (C=O) groups excluding carboxylic acids is 2. The molecule has 0 heterocycles. The summed E-state index contributed by atoms with van der Waals surface area (Å²) in [5, 5.41) is 11.7. The molecule has 0 saturated carbocycles. The summed E-state index contributed by atoms with van der Waals surface area (Å²) in [5.74, 6) is -0.130. The van der Waals surface area contributed by atoms with Crippen molar-refractivity contribution in [2.45, 2.75) is 6.92 Å². The molecule has 0 aliphatic carbocycles. The van der Waals surface area contributed by atoms with E-state index in [-0.39, 0.29) is 12.6 Å². The van der Waals surface area contributed by atoms with Gasteiger partial charge in [0.05, 0.1) is 5.69 Å². The van der Waals surface area contributed by atoms with Crippen molar-refractivity contribution < 1.29 is 14.3 Å². The lowest BCUT2D eigenvalue weighted by Crippen LogP contribution is -2.13. The van der Waals surface area contributed by atoms with Gasteiger partial charge in [-0.25, -0.2) is 5.01 Å². The summed E-state index contributed by atoms with van der Waals surface area (Å²) in [4.78, 5) is 20.8. The molecule has 1 amide bonds. The van der Waals surface area contributed by atoms with Gasteiger partial charge in [0.25, 0.3) is 6.47 Å². The van der Waals surface area contributed by atoms with Crippen molar-refractivity contribution >= 4 is 23.8 Å². The fraction of sp³-hybridized carbons (Fsp3) is 0.273.